The zero-order valence-electron chi connectivity index (χ0n) is 17.1. The number of carbonyl (C=O) groups is 1. The van der Waals surface area contributed by atoms with E-state index in [4.69, 9.17) is 25.8 Å². The van der Waals surface area contributed by atoms with Gasteiger partial charge >= 0.3 is 0 Å². The molecule has 30 heavy (non-hydrogen) atoms. The zero-order chi connectivity index (χ0) is 21.8. The molecule has 1 amide bonds. The van der Waals surface area contributed by atoms with Crippen molar-refractivity contribution in [1.82, 2.24) is 5.32 Å². The summed E-state index contributed by atoms with van der Waals surface area (Å²) in [7, 11) is 1.60. The van der Waals surface area contributed by atoms with E-state index >= 15 is 0 Å². The number of nitrogens with zero attached hydrogens (tertiary/aromatic N) is 1. The molecule has 0 heterocycles. The number of ether oxygens (including phenoxy) is 3. The molecule has 0 aromatic heterocycles. The standard InChI is InChI=1S/C23H25ClN2O4/c1-3-29-22-14-18(13-19(15-25)23(27)26-11-4-12-28-2)7-10-21(22)30-16-17-5-8-20(24)9-6-17/h5-10,13-14H,3-4,11-12,16H2,1-2H3,(H,26,27)/b19-13+. The summed E-state index contributed by atoms with van der Waals surface area (Å²) in [5.41, 5.74) is 1.66. The maximum Gasteiger partial charge on any atom is 0.261 e. The molecule has 0 radical (unpaired) electrons. The van der Waals surface area contributed by atoms with Crippen LogP contribution in [0.1, 0.15) is 24.5 Å². The number of nitriles is 1. The summed E-state index contributed by atoms with van der Waals surface area (Å²) >= 11 is 5.91. The lowest BCUT2D eigenvalue weighted by molar-refractivity contribution is -0.117. The highest BCUT2D eigenvalue weighted by Gasteiger charge is 2.11. The molecule has 2 aromatic rings. The molecule has 0 unspecified atom stereocenters. The van der Waals surface area contributed by atoms with Gasteiger partial charge in [-0.1, -0.05) is 29.8 Å². The van der Waals surface area contributed by atoms with E-state index in [9.17, 15) is 10.1 Å². The summed E-state index contributed by atoms with van der Waals surface area (Å²) in [4.78, 5) is 12.2. The summed E-state index contributed by atoms with van der Waals surface area (Å²) in [6.07, 6.45) is 2.20. The average molecular weight is 429 g/mol. The van der Waals surface area contributed by atoms with Crippen molar-refractivity contribution in [1.29, 1.82) is 5.26 Å². The molecule has 0 aliphatic rings. The summed E-state index contributed by atoms with van der Waals surface area (Å²) in [6, 6.07) is 14.6. The highest BCUT2D eigenvalue weighted by Crippen LogP contribution is 2.30. The van der Waals surface area contributed by atoms with Crippen LogP contribution in [-0.4, -0.2) is 32.8 Å². The van der Waals surface area contributed by atoms with Crippen molar-refractivity contribution in [3.05, 3.63) is 64.2 Å². The Hall–Kier alpha value is -3.01. The van der Waals surface area contributed by atoms with Crippen LogP contribution in [0.3, 0.4) is 0 Å². The smallest absolute Gasteiger partial charge is 0.261 e. The van der Waals surface area contributed by atoms with Crippen LogP contribution in [0.5, 0.6) is 11.5 Å². The fourth-order valence-electron chi connectivity index (χ4n) is 2.57. The Kier molecular flexibility index (Phi) is 9.72. The molecular formula is C23H25ClN2O4. The van der Waals surface area contributed by atoms with E-state index in [0.29, 0.717) is 54.9 Å². The van der Waals surface area contributed by atoms with E-state index in [1.165, 1.54) is 6.08 Å². The predicted molar refractivity (Wildman–Crippen MR) is 116 cm³/mol. The Morgan fingerprint density at radius 2 is 1.93 bits per heavy atom. The van der Waals surface area contributed by atoms with E-state index in [1.807, 2.05) is 25.1 Å². The van der Waals surface area contributed by atoms with Crippen molar-refractivity contribution in [2.24, 2.45) is 0 Å². The van der Waals surface area contributed by atoms with Gasteiger partial charge in [-0.25, -0.2) is 0 Å². The van der Waals surface area contributed by atoms with Gasteiger partial charge in [0.2, 0.25) is 0 Å². The fourth-order valence-corrected chi connectivity index (χ4v) is 2.70. The van der Waals surface area contributed by atoms with Gasteiger partial charge in [-0.05, 0) is 54.8 Å². The Bertz CT molecular complexity index is 904. The molecule has 0 saturated heterocycles. The lowest BCUT2D eigenvalue weighted by atomic mass is 10.1. The molecule has 0 bridgehead atoms. The molecule has 2 aromatic carbocycles. The average Bonchev–Trinajstić information content (AvgIpc) is 2.75. The van der Waals surface area contributed by atoms with E-state index in [2.05, 4.69) is 5.32 Å². The van der Waals surface area contributed by atoms with Gasteiger partial charge in [0.25, 0.3) is 5.91 Å². The van der Waals surface area contributed by atoms with E-state index in [1.54, 1.807) is 37.4 Å². The minimum Gasteiger partial charge on any atom is -0.490 e. The number of benzene rings is 2. The van der Waals surface area contributed by atoms with Gasteiger partial charge in [0.15, 0.2) is 11.5 Å². The van der Waals surface area contributed by atoms with Crippen LogP contribution in [-0.2, 0) is 16.1 Å². The molecule has 6 nitrogen and oxygen atoms in total. The normalized spacial score (nSPS) is 10.9. The maximum absolute atomic E-state index is 12.2. The Balaban J connectivity index is 2.11. The molecule has 158 valence electrons. The van der Waals surface area contributed by atoms with Gasteiger partial charge in [0.1, 0.15) is 18.2 Å². The summed E-state index contributed by atoms with van der Waals surface area (Å²) < 4.78 is 16.5. The van der Waals surface area contributed by atoms with Crippen LogP contribution in [0.4, 0.5) is 0 Å². The molecule has 0 aliphatic carbocycles. The van der Waals surface area contributed by atoms with Crippen molar-refractivity contribution in [3.8, 4) is 17.6 Å². The van der Waals surface area contributed by atoms with Gasteiger partial charge in [-0.2, -0.15) is 5.26 Å². The second-order valence-corrected chi connectivity index (χ2v) is 6.76. The molecule has 0 saturated carbocycles. The zero-order valence-corrected chi connectivity index (χ0v) is 17.9. The number of amides is 1. The second-order valence-electron chi connectivity index (χ2n) is 6.33. The quantitative estimate of drug-likeness (QED) is 0.326. The highest BCUT2D eigenvalue weighted by molar-refractivity contribution is 6.30. The van der Waals surface area contributed by atoms with Crippen LogP contribution in [0.2, 0.25) is 5.02 Å². The predicted octanol–water partition coefficient (Wildman–Crippen LogP) is 4.38. The number of carbonyl (C=O) groups excluding carboxylic acids is 1. The number of hydrogen-bond acceptors (Lipinski definition) is 5. The molecule has 0 spiro atoms. The number of rotatable bonds is 11. The number of hydrogen-bond donors (Lipinski definition) is 1. The second kappa shape index (κ2) is 12.5. The van der Waals surface area contributed by atoms with Gasteiger partial charge < -0.3 is 19.5 Å². The monoisotopic (exact) mass is 428 g/mol. The van der Waals surface area contributed by atoms with Gasteiger partial charge in [-0.15, -0.1) is 0 Å². The Labute approximate surface area is 182 Å². The third-order valence-electron chi connectivity index (χ3n) is 4.06. The van der Waals surface area contributed by atoms with E-state index in [0.717, 1.165) is 5.56 Å². The van der Waals surface area contributed by atoms with E-state index < -0.39 is 5.91 Å². The molecule has 1 N–H and O–H groups in total. The minimum atomic E-state index is -0.422. The van der Waals surface area contributed by atoms with Gasteiger partial charge in [0.05, 0.1) is 6.61 Å². The van der Waals surface area contributed by atoms with Crippen molar-refractivity contribution in [3.63, 3.8) is 0 Å². The SMILES string of the molecule is CCOc1cc(/C=C(\C#N)C(=O)NCCCOC)ccc1OCc1ccc(Cl)cc1. The van der Waals surface area contributed by atoms with Crippen molar-refractivity contribution in [2.75, 3.05) is 26.9 Å². The first-order valence-corrected chi connectivity index (χ1v) is 9.98. The number of methoxy groups -OCH3 is 1. The minimum absolute atomic E-state index is 0.0182. The van der Waals surface area contributed by atoms with Crippen LogP contribution < -0.4 is 14.8 Å². The van der Waals surface area contributed by atoms with Crippen molar-refractivity contribution >= 4 is 23.6 Å². The first kappa shape index (κ1) is 23.3. The summed E-state index contributed by atoms with van der Waals surface area (Å²) in [5, 5.41) is 12.7. The topological polar surface area (TPSA) is 80.6 Å². The lowest BCUT2D eigenvalue weighted by Crippen LogP contribution is -2.26. The summed E-state index contributed by atoms with van der Waals surface area (Å²) in [6.45, 7) is 3.67. The largest absolute Gasteiger partial charge is 0.490 e. The van der Waals surface area contributed by atoms with Crippen LogP contribution >= 0.6 is 11.6 Å². The van der Waals surface area contributed by atoms with Crippen LogP contribution in [0.15, 0.2) is 48.0 Å². The first-order chi connectivity index (χ1) is 14.6. The van der Waals surface area contributed by atoms with Crippen LogP contribution in [0, 0.1) is 11.3 Å². The highest BCUT2D eigenvalue weighted by atomic mass is 35.5. The molecular weight excluding hydrogens is 404 g/mol. The molecule has 0 fully saturated rings. The first-order valence-electron chi connectivity index (χ1n) is 9.60. The molecule has 7 heteroatoms. The van der Waals surface area contributed by atoms with Crippen molar-refractivity contribution < 1.29 is 19.0 Å². The molecule has 2 rings (SSSR count). The lowest BCUT2D eigenvalue weighted by Gasteiger charge is -2.13. The van der Waals surface area contributed by atoms with Gasteiger partial charge in [0, 0.05) is 25.3 Å². The molecule has 0 aliphatic heterocycles. The Morgan fingerprint density at radius 1 is 1.17 bits per heavy atom. The fraction of sp³-hybridized carbons (Fsp3) is 0.304. The number of halogens is 1. The maximum atomic E-state index is 12.2. The van der Waals surface area contributed by atoms with Crippen molar-refractivity contribution in [2.45, 2.75) is 20.0 Å². The van der Waals surface area contributed by atoms with Gasteiger partial charge in [-0.3, -0.25) is 4.79 Å². The summed E-state index contributed by atoms with van der Waals surface area (Å²) in [5.74, 6) is 0.694. The third-order valence-corrected chi connectivity index (χ3v) is 4.31. The molecule has 0 atom stereocenters. The van der Waals surface area contributed by atoms with Crippen LogP contribution in [0.25, 0.3) is 6.08 Å². The Morgan fingerprint density at radius 3 is 2.60 bits per heavy atom. The van der Waals surface area contributed by atoms with E-state index in [-0.39, 0.29) is 5.57 Å². The third kappa shape index (κ3) is 7.43. The number of nitrogens with one attached hydrogen (secondary N) is 1.